The number of aldehydes is 1. The number of piperazine rings is 1. The van der Waals surface area contributed by atoms with Crippen molar-refractivity contribution in [3.05, 3.63) is 57.6 Å². The number of nitrogens with zero attached hydrogens (tertiary/aromatic N) is 3. The molecule has 0 saturated carbocycles. The molecule has 184 valence electrons. The van der Waals surface area contributed by atoms with E-state index >= 15 is 0 Å². The quantitative estimate of drug-likeness (QED) is 0.642. The summed E-state index contributed by atoms with van der Waals surface area (Å²) in [4.78, 5) is 31.1. The van der Waals surface area contributed by atoms with Crippen LogP contribution in [0.25, 0.3) is 0 Å². The van der Waals surface area contributed by atoms with Crippen LogP contribution < -0.4 is 5.32 Å². The maximum absolute atomic E-state index is 14.2. The van der Waals surface area contributed by atoms with E-state index in [2.05, 4.69) is 27.1 Å². The first-order valence-corrected chi connectivity index (χ1v) is 11.8. The fourth-order valence-corrected chi connectivity index (χ4v) is 3.98. The molecule has 1 amide bonds. The van der Waals surface area contributed by atoms with Crippen molar-refractivity contribution < 1.29 is 18.7 Å². The third-order valence-electron chi connectivity index (χ3n) is 6.12. The highest BCUT2D eigenvalue weighted by molar-refractivity contribution is 6.31. The number of anilines is 1. The van der Waals surface area contributed by atoms with Crippen LogP contribution in [0.2, 0.25) is 5.02 Å². The highest BCUT2D eigenvalue weighted by atomic mass is 35.5. The van der Waals surface area contributed by atoms with E-state index in [1.807, 2.05) is 6.92 Å². The number of nitrogens with one attached hydrogen (secondary N) is 1. The number of aryl methyl sites for hydroxylation is 1. The van der Waals surface area contributed by atoms with Crippen LogP contribution in [0.1, 0.15) is 40.0 Å². The number of likely N-dealkylation sites (N-methyl/N-ethyl adjacent to an activating group) is 1. The van der Waals surface area contributed by atoms with E-state index in [1.54, 1.807) is 19.1 Å². The van der Waals surface area contributed by atoms with Crippen LogP contribution in [0.4, 0.5) is 10.1 Å². The van der Waals surface area contributed by atoms with E-state index in [4.69, 9.17) is 16.3 Å². The number of hydrogen-bond acceptors (Lipinski definition) is 6. The van der Waals surface area contributed by atoms with E-state index in [0.717, 1.165) is 63.0 Å². The lowest BCUT2D eigenvalue weighted by Gasteiger charge is -2.32. The number of halogens is 2. The predicted molar refractivity (Wildman–Crippen MR) is 131 cm³/mol. The Morgan fingerprint density at radius 2 is 2.00 bits per heavy atom. The lowest BCUT2D eigenvalue weighted by molar-refractivity contribution is -0.115. The summed E-state index contributed by atoms with van der Waals surface area (Å²) in [7, 11) is 2.10. The Labute approximate surface area is 205 Å². The minimum atomic E-state index is -0.361. The molecule has 2 aliphatic heterocycles. The number of benzene rings is 1. The molecule has 2 fully saturated rings. The lowest BCUT2D eigenvalue weighted by atomic mass is 10.0. The van der Waals surface area contributed by atoms with Crippen LogP contribution >= 0.6 is 11.6 Å². The number of amides is 1. The second kappa shape index (κ2) is 12.4. The predicted octanol–water partition coefficient (Wildman–Crippen LogP) is 3.85. The molecule has 9 heteroatoms. The zero-order valence-electron chi connectivity index (χ0n) is 19.9. The van der Waals surface area contributed by atoms with Crippen LogP contribution in [-0.4, -0.2) is 72.9 Å². The molecule has 34 heavy (non-hydrogen) atoms. The Balaban J connectivity index is 0.000000396. The Morgan fingerprint density at radius 3 is 2.59 bits per heavy atom. The minimum absolute atomic E-state index is 0.0833. The summed E-state index contributed by atoms with van der Waals surface area (Å²) < 4.78 is 19.1. The van der Waals surface area contributed by atoms with Gasteiger partial charge in [0, 0.05) is 51.2 Å². The molecule has 1 aromatic heterocycles. The number of pyridine rings is 1. The molecule has 0 aliphatic carbocycles. The van der Waals surface area contributed by atoms with Gasteiger partial charge in [-0.3, -0.25) is 14.7 Å². The molecule has 2 saturated heterocycles. The molecule has 1 unspecified atom stereocenters. The van der Waals surface area contributed by atoms with Gasteiger partial charge in [0.15, 0.2) is 0 Å². The van der Waals surface area contributed by atoms with Crippen molar-refractivity contribution in [3.8, 4) is 0 Å². The molecule has 3 heterocycles. The molecule has 0 bridgehead atoms. The smallest absolute Gasteiger partial charge is 0.257 e. The first kappa shape index (κ1) is 26.2. The van der Waals surface area contributed by atoms with Gasteiger partial charge in [-0.15, -0.1) is 0 Å². The monoisotopic (exact) mass is 490 g/mol. The molecule has 7 nitrogen and oxygen atoms in total. The number of hydrogen-bond donors (Lipinski definition) is 1. The van der Waals surface area contributed by atoms with Gasteiger partial charge in [-0.1, -0.05) is 11.6 Å². The largest absolute Gasteiger partial charge is 0.371 e. The van der Waals surface area contributed by atoms with Crippen LogP contribution in [0.3, 0.4) is 0 Å². The van der Waals surface area contributed by atoms with Gasteiger partial charge >= 0.3 is 0 Å². The van der Waals surface area contributed by atoms with Crippen molar-refractivity contribution in [1.82, 2.24) is 14.8 Å². The molecule has 1 atom stereocenters. The summed E-state index contributed by atoms with van der Waals surface area (Å²) in [5, 5.41) is 3.22. The number of ether oxygens (including phenoxy) is 1. The van der Waals surface area contributed by atoms with Crippen LogP contribution in [0.5, 0.6) is 0 Å². The molecule has 2 aromatic rings. The van der Waals surface area contributed by atoms with Gasteiger partial charge in [-0.05, 0) is 63.1 Å². The van der Waals surface area contributed by atoms with E-state index in [1.165, 1.54) is 12.3 Å². The van der Waals surface area contributed by atoms with Crippen molar-refractivity contribution >= 4 is 29.5 Å². The summed E-state index contributed by atoms with van der Waals surface area (Å²) in [6.45, 7) is 9.00. The fraction of sp³-hybridized carbons (Fsp3) is 0.480. The van der Waals surface area contributed by atoms with E-state index in [0.29, 0.717) is 28.5 Å². The van der Waals surface area contributed by atoms with Crippen LogP contribution in [-0.2, 0) is 16.1 Å². The zero-order valence-corrected chi connectivity index (χ0v) is 20.7. The van der Waals surface area contributed by atoms with Crippen molar-refractivity contribution in [2.75, 3.05) is 45.2 Å². The van der Waals surface area contributed by atoms with Gasteiger partial charge in [-0.2, -0.15) is 0 Å². The first-order valence-electron chi connectivity index (χ1n) is 11.5. The van der Waals surface area contributed by atoms with Crippen molar-refractivity contribution in [1.29, 1.82) is 0 Å². The molecular formula is C25H32ClFN4O3. The standard InChI is InChI=1S/C20H24ClFN4O.C5H8O2/c1-13-16(12-26-6-4-25(3)5-7-26)8-17(22)10-19(13)24-20(27)15-9-18(21)14(2)23-11-15;6-4-5-2-1-3-7-5/h8-11H,4-7,12H2,1-3H3,(H,24,27);4-5H,1-3H2. The zero-order chi connectivity index (χ0) is 24.7. The van der Waals surface area contributed by atoms with E-state index in [-0.39, 0.29) is 17.8 Å². The molecule has 0 radical (unpaired) electrons. The van der Waals surface area contributed by atoms with Gasteiger partial charge in [0.2, 0.25) is 0 Å². The van der Waals surface area contributed by atoms with Gasteiger partial charge < -0.3 is 19.7 Å². The second-order valence-electron chi connectivity index (χ2n) is 8.75. The van der Waals surface area contributed by atoms with Crippen LogP contribution in [0, 0.1) is 19.7 Å². The SMILES string of the molecule is Cc1ncc(C(=O)Nc2cc(F)cc(CN3CCN(C)CC3)c2C)cc1Cl.O=CC1CCCO1. The second-order valence-corrected chi connectivity index (χ2v) is 9.16. The Kier molecular flexibility index (Phi) is 9.53. The summed E-state index contributed by atoms with van der Waals surface area (Å²) in [6, 6.07) is 4.47. The van der Waals surface area contributed by atoms with Gasteiger partial charge in [-0.25, -0.2) is 4.39 Å². The normalized spacial score (nSPS) is 18.8. The summed E-state index contributed by atoms with van der Waals surface area (Å²) in [5.41, 5.74) is 3.23. The van der Waals surface area contributed by atoms with Gasteiger partial charge in [0.05, 0.1) is 16.3 Å². The van der Waals surface area contributed by atoms with Crippen molar-refractivity contribution in [2.45, 2.75) is 39.3 Å². The maximum Gasteiger partial charge on any atom is 0.257 e. The van der Waals surface area contributed by atoms with Crippen LogP contribution in [0.15, 0.2) is 24.4 Å². The van der Waals surface area contributed by atoms with E-state index in [9.17, 15) is 14.0 Å². The molecule has 1 aromatic carbocycles. The number of aromatic nitrogens is 1. The van der Waals surface area contributed by atoms with Gasteiger partial charge in [0.25, 0.3) is 5.91 Å². The Morgan fingerprint density at radius 1 is 1.26 bits per heavy atom. The van der Waals surface area contributed by atoms with Crippen molar-refractivity contribution in [2.24, 2.45) is 0 Å². The third kappa shape index (κ3) is 7.30. The average molecular weight is 491 g/mol. The summed E-state index contributed by atoms with van der Waals surface area (Å²) in [5.74, 6) is -0.719. The summed E-state index contributed by atoms with van der Waals surface area (Å²) >= 11 is 6.05. The fourth-order valence-electron chi connectivity index (χ4n) is 3.81. The molecular weight excluding hydrogens is 459 g/mol. The molecule has 1 N–H and O–H groups in total. The Hall–Kier alpha value is -2.39. The molecule has 4 rings (SSSR count). The molecule has 0 spiro atoms. The van der Waals surface area contributed by atoms with E-state index < -0.39 is 0 Å². The number of carbonyl (C=O) groups excluding carboxylic acids is 2. The lowest BCUT2D eigenvalue weighted by Crippen LogP contribution is -2.44. The number of carbonyl (C=O) groups is 2. The van der Waals surface area contributed by atoms with Gasteiger partial charge in [0.1, 0.15) is 18.2 Å². The molecule has 2 aliphatic rings. The highest BCUT2D eigenvalue weighted by Gasteiger charge is 2.18. The highest BCUT2D eigenvalue weighted by Crippen LogP contribution is 2.24. The van der Waals surface area contributed by atoms with Crippen molar-refractivity contribution in [3.63, 3.8) is 0 Å². The number of rotatable bonds is 5. The summed E-state index contributed by atoms with van der Waals surface area (Å²) in [6.07, 6.45) is 4.22. The first-order chi connectivity index (χ1) is 16.3. The average Bonchev–Trinajstić information content (AvgIpc) is 3.35. The third-order valence-corrected chi connectivity index (χ3v) is 6.50. The topological polar surface area (TPSA) is 74.8 Å². The maximum atomic E-state index is 14.2. The minimum Gasteiger partial charge on any atom is -0.371 e. The Bertz CT molecular complexity index is 1010.